The lowest BCUT2D eigenvalue weighted by atomic mass is 10.1. The number of hydrogen-bond donors (Lipinski definition) is 3. The summed E-state index contributed by atoms with van der Waals surface area (Å²) in [6, 6.07) is 5.90. The fourth-order valence-electron chi connectivity index (χ4n) is 2.52. The Balaban J connectivity index is 1.96. The van der Waals surface area contributed by atoms with Gasteiger partial charge in [-0.05, 0) is 43.0 Å². The zero-order chi connectivity index (χ0) is 21.9. The highest BCUT2D eigenvalue weighted by Gasteiger charge is 2.11. The first-order valence-corrected chi connectivity index (χ1v) is 10.9. The van der Waals surface area contributed by atoms with Gasteiger partial charge in [-0.3, -0.25) is 0 Å². The summed E-state index contributed by atoms with van der Waals surface area (Å²) in [5.74, 6) is 3.16. The number of aliphatic hydroxyl groups excluding tert-OH is 1. The molecule has 30 heavy (non-hydrogen) atoms. The van der Waals surface area contributed by atoms with Crippen molar-refractivity contribution in [2.45, 2.75) is 32.6 Å². The quantitative estimate of drug-likeness (QED) is 0.279. The number of nitrogens with one attached hydrogen (secondary N) is 2. The molecule has 0 bridgehead atoms. The summed E-state index contributed by atoms with van der Waals surface area (Å²) in [6.07, 6.45) is 2.18. The molecule has 1 unspecified atom stereocenters. The molecule has 0 aliphatic carbocycles. The highest BCUT2D eigenvalue weighted by Crippen LogP contribution is 2.19. The summed E-state index contributed by atoms with van der Waals surface area (Å²) in [7, 11) is 1.88. The molecular formula is C19H28F2N6O2S. The number of rotatable bonds is 11. The van der Waals surface area contributed by atoms with Crippen LogP contribution in [-0.4, -0.2) is 57.5 Å². The van der Waals surface area contributed by atoms with Crippen LogP contribution in [0.5, 0.6) is 5.75 Å². The maximum absolute atomic E-state index is 12.2. The van der Waals surface area contributed by atoms with E-state index in [9.17, 15) is 13.9 Å². The van der Waals surface area contributed by atoms with Gasteiger partial charge in [-0.25, -0.2) is 4.99 Å². The van der Waals surface area contributed by atoms with Gasteiger partial charge in [0.25, 0.3) is 0 Å². The Morgan fingerprint density at radius 3 is 2.60 bits per heavy atom. The summed E-state index contributed by atoms with van der Waals surface area (Å²) < 4.78 is 30.7. The lowest BCUT2D eigenvalue weighted by Crippen LogP contribution is -2.40. The van der Waals surface area contributed by atoms with Gasteiger partial charge in [0.2, 0.25) is 0 Å². The van der Waals surface area contributed by atoms with Crippen molar-refractivity contribution in [3.63, 3.8) is 0 Å². The topological polar surface area (TPSA) is 96.6 Å². The lowest BCUT2D eigenvalue weighted by molar-refractivity contribution is -0.0498. The van der Waals surface area contributed by atoms with Crippen LogP contribution in [0.1, 0.15) is 29.7 Å². The molecule has 0 amide bonds. The molecule has 2 aromatic rings. The highest BCUT2D eigenvalue weighted by atomic mass is 32.2. The Kier molecular flexibility index (Phi) is 9.81. The third-order valence-electron chi connectivity index (χ3n) is 4.33. The van der Waals surface area contributed by atoms with E-state index in [1.54, 1.807) is 23.9 Å². The molecule has 1 heterocycles. The van der Waals surface area contributed by atoms with Gasteiger partial charge < -0.3 is 25.0 Å². The van der Waals surface area contributed by atoms with Gasteiger partial charge in [0.1, 0.15) is 18.1 Å². The van der Waals surface area contributed by atoms with Crippen molar-refractivity contribution in [2.75, 3.05) is 25.1 Å². The number of halogens is 2. The van der Waals surface area contributed by atoms with E-state index < -0.39 is 12.7 Å². The molecule has 0 spiro atoms. The predicted molar refractivity (Wildman–Crippen MR) is 114 cm³/mol. The molecule has 1 aromatic heterocycles. The summed E-state index contributed by atoms with van der Waals surface area (Å²) in [5, 5.41) is 24.9. The molecule has 1 atom stereocenters. The van der Waals surface area contributed by atoms with Crippen molar-refractivity contribution in [2.24, 2.45) is 12.0 Å². The van der Waals surface area contributed by atoms with Crippen LogP contribution in [0.3, 0.4) is 0 Å². The molecule has 0 aliphatic rings. The van der Waals surface area contributed by atoms with Crippen LogP contribution in [0.2, 0.25) is 0 Å². The number of hydrogen-bond acceptors (Lipinski definition) is 6. The molecule has 2 rings (SSSR count). The first-order chi connectivity index (χ1) is 14.4. The normalized spacial score (nSPS) is 12.8. The Morgan fingerprint density at radius 2 is 2.00 bits per heavy atom. The van der Waals surface area contributed by atoms with Gasteiger partial charge in [0, 0.05) is 20.1 Å². The van der Waals surface area contributed by atoms with Crippen molar-refractivity contribution < 1.29 is 18.6 Å². The Morgan fingerprint density at radius 1 is 1.27 bits per heavy atom. The molecule has 0 fully saturated rings. The predicted octanol–water partition coefficient (Wildman–Crippen LogP) is 2.25. The number of benzene rings is 1. The van der Waals surface area contributed by atoms with Crippen LogP contribution in [0.4, 0.5) is 8.78 Å². The summed E-state index contributed by atoms with van der Waals surface area (Å²) >= 11 is 1.77. The third kappa shape index (κ3) is 7.79. The van der Waals surface area contributed by atoms with E-state index >= 15 is 0 Å². The summed E-state index contributed by atoms with van der Waals surface area (Å²) in [6.45, 7) is 0.261. The van der Waals surface area contributed by atoms with Gasteiger partial charge in [-0.2, -0.15) is 20.5 Å². The van der Waals surface area contributed by atoms with Crippen molar-refractivity contribution in [1.29, 1.82) is 0 Å². The number of aliphatic hydroxyl groups is 1. The van der Waals surface area contributed by atoms with Gasteiger partial charge in [-0.15, -0.1) is 10.2 Å². The molecule has 11 heteroatoms. The van der Waals surface area contributed by atoms with Crippen LogP contribution in [0.15, 0.2) is 29.3 Å². The third-order valence-corrected chi connectivity index (χ3v) is 5.03. The van der Waals surface area contributed by atoms with E-state index in [-0.39, 0.29) is 12.3 Å². The number of ether oxygens (including phenoxy) is 1. The van der Waals surface area contributed by atoms with Crippen LogP contribution in [0, 0.1) is 6.92 Å². The number of guanidine groups is 1. The molecule has 0 aliphatic heterocycles. The second-order valence-electron chi connectivity index (χ2n) is 6.50. The molecule has 0 saturated carbocycles. The molecular weight excluding hydrogens is 414 g/mol. The zero-order valence-corrected chi connectivity index (χ0v) is 18.1. The summed E-state index contributed by atoms with van der Waals surface area (Å²) in [4.78, 5) is 4.53. The van der Waals surface area contributed by atoms with Crippen LogP contribution < -0.4 is 15.4 Å². The molecule has 0 radical (unpaired) electrons. The molecule has 166 valence electrons. The minimum absolute atomic E-state index is 0.0468. The standard InChI is InChI=1S/C19H28F2N6O2S/c1-13-25-26-17(27(13)2)12-24-19(22-9-4-10-30-3)23-11-16(28)14-5-7-15(8-6-14)29-18(20)21/h5-8,16,18,28H,4,9-12H2,1-3H3,(H2,22,23,24). The van der Waals surface area contributed by atoms with Crippen LogP contribution in [0.25, 0.3) is 0 Å². The van der Waals surface area contributed by atoms with E-state index in [1.165, 1.54) is 12.1 Å². The smallest absolute Gasteiger partial charge is 0.387 e. The maximum Gasteiger partial charge on any atom is 0.387 e. The largest absolute Gasteiger partial charge is 0.435 e. The minimum Gasteiger partial charge on any atom is -0.435 e. The Hall–Kier alpha value is -2.40. The first kappa shape index (κ1) is 23.9. The van der Waals surface area contributed by atoms with E-state index in [0.29, 0.717) is 18.1 Å². The number of aryl methyl sites for hydroxylation is 1. The van der Waals surface area contributed by atoms with E-state index in [0.717, 1.165) is 30.4 Å². The van der Waals surface area contributed by atoms with Crippen molar-refractivity contribution in [3.05, 3.63) is 41.5 Å². The van der Waals surface area contributed by atoms with Crippen molar-refractivity contribution >= 4 is 17.7 Å². The fourth-order valence-corrected chi connectivity index (χ4v) is 2.95. The van der Waals surface area contributed by atoms with Gasteiger partial charge >= 0.3 is 6.61 Å². The van der Waals surface area contributed by atoms with Crippen LogP contribution in [-0.2, 0) is 13.6 Å². The minimum atomic E-state index is -2.88. The second-order valence-corrected chi connectivity index (χ2v) is 7.49. The van der Waals surface area contributed by atoms with Crippen molar-refractivity contribution in [1.82, 2.24) is 25.4 Å². The van der Waals surface area contributed by atoms with Gasteiger partial charge in [0.05, 0.1) is 6.10 Å². The summed E-state index contributed by atoms with van der Waals surface area (Å²) in [5.41, 5.74) is 0.578. The Labute approximate surface area is 179 Å². The van der Waals surface area contributed by atoms with E-state index in [1.807, 2.05) is 18.5 Å². The average molecular weight is 443 g/mol. The monoisotopic (exact) mass is 442 g/mol. The number of alkyl halides is 2. The lowest BCUT2D eigenvalue weighted by Gasteiger charge is -2.16. The first-order valence-electron chi connectivity index (χ1n) is 9.49. The molecule has 1 aromatic carbocycles. The average Bonchev–Trinajstić information content (AvgIpc) is 3.04. The molecule has 8 nitrogen and oxygen atoms in total. The van der Waals surface area contributed by atoms with E-state index in [4.69, 9.17) is 0 Å². The number of nitrogens with zero attached hydrogens (tertiary/aromatic N) is 4. The van der Waals surface area contributed by atoms with E-state index in [2.05, 4.69) is 36.8 Å². The number of thioether (sulfide) groups is 1. The number of aliphatic imine (C=N–C) groups is 1. The maximum atomic E-state index is 12.2. The van der Waals surface area contributed by atoms with Crippen LogP contribution >= 0.6 is 11.8 Å². The fraction of sp³-hybridized carbons (Fsp3) is 0.526. The molecule has 3 N–H and O–H groups in total. The van der Waals surface area contributed by atoms with Gasteiger partial charge in [-0.1, -0.05) is 12.1 Å². The highest BCUT2D eigenvalue weighted by molar-refractivity contribution is 7.98. The SMILES string of the molecule is CSCCCNC(=NCc1nnc(C)n1C)NCC(O)c1ccc(OC(F)F)cc1. The van der Waals surface area contributed by atoms with Gasteiger partial charge in [0.15, 0.2) is 11.8 Å². The second kappa shape index (κ2) is 12.3. The van der Waals surface area contributed by atoms with Crippen molar-refractivity contribution in [3.8, 4) is 5.75 Å². The Bertz CT molecular complexity index is 801. The zero-order valence-electron chi connectivity index (χ0n) is 17.3. The number of aromatic nitrogens is 3. The molecule has 0 saturated heterocycles.